The minimum atomic E-state index is 0. The zero-order valence-electron chi connectivity index (χ0n) is 18.5. The van der Waals surface area contributed by atoms with Crippen molar-refractivity contribution in [3.63, 3.8) is 0 Å². The van der Waals surface area contributed by atoms with Gasteiger partial charge in [-0.25, -0.2) is 4.99 Å². The van der Waals surface area contributed by atoms with Crippen molar-refractivity contribution in [3.05, 3.63) is 65.6 Å². The molecule has 0 bridgehead atoms. The van der Waals surface area contributed by atoms with Gasteiger partial charge >= 0.3 is 0 Å². The molecule has 31 heavy (non-hydrogen) atoms. The Morgan fingerprint density at radius 3 is 2.65 bits per heavy atom. The Morgan fingerprint density at radius 1 is 1.06 bits per heavy atom. The van der Waals surface area contributed by atoms with Crippen LogP contribution in [0.4, 0.5) is 0 Å². The molecule has 0 saturated heterocycles. The molecule has 1 aliphatic rings. The van der Waals surface area contributed by atoms with Crippen molar-refractivity contribution < 1.29 is 0 Å². The van der Waals surface area contributed by atoms with Crippen LogP contribution in [-0.2, 0) is 19.5 Å². The molecule has 3 heterocycles. The summed E-state index contributed by atoms with van der Waals surface area (Å²) in [4.78, 5) is 7.30. The van der Waals surface area contributed by atoms with E-state index < -0.39 is 0 Å². The number of aliphatic imine (C=N–C) groups is 1. The van der Waals surface area contributed by atoms with Gasteiger partial charge in [-0.2, -0.15) is 0 Å². The summed E-state index contributed by atoms with van der Waals surface area (Å²) in [6.07, 6.45) is 3.07. The Kier molecular flexibility index (Phi) is 7.88. The van der Waals surface area contributed by atoms with E-state index in [0.29, 0.717) is 6.54 Å². The molecule has 0 amide bonds. The molecule has 4 rings (SSSR count). The number of benzene rings is 1. The summed E-state index contributed by atoms with van der Waals surface area (Å²) >= 11 is 0. The quantitative estimate of drug-likeness (QED) is 0.289. The Labute approximate surface area is 201 Å². The first kappa shape index (κ1) is 23.5. The second kappa shape index (κ2) is 10.4. The third kappa shape index (κ3) is 5.54. The van der Waals surface area contributed by atoms with Gasteiger partial charge in [0.05, 0.1) is 0 Å². The summed E-state index contributed by atoms with van der Waals surface area (Å²) in [5, 5.41) is 15.4. The van der Waals surface area contributed by atoms with E-state index in [1.54, 1.807) is 0 Å². The highest BCUT2D eigenvalue weighted by atomic mass is 127. The predicted molar refractivity (Wildman–Crippen MR) is 136 cm³/mol. The Bertz CT molecular complexity index is 1030. The predicted octanol–water partition coefficient (Wildman–Crippen LogP) is 3.24. The van der Waals surface area contributed by atoms with Crippen LogP contribution < -0.4 is 10.6 Å². The monoisotopic (exact) mass is 533 g/mol. The maximum Gasteiger partial charge on any atom is 0.191 e. The largest absolute Gasteiger partial charge is 0.357 e. The number of halogens is 1. The number of guanidine groups is 1. The second-order valence-electron chi connectivity index (χ2n) is 8.35. The lowest BCUT2D eigenvalue weighted by Crippen LogP contribution is -2.54. The average molecular weight is 533 g/mol. The maximum absolute atomic E-state index is 4.74. The first-order valence-corrected chi connectivity index (χ1v) is 10.7. The van der Waals surface area contributed by atoms with Crippen LogP contribution >= 0.6 is 24.0 Å². The molecule has 1 aliphatic heterocycles. The number of pyridine rings is 1. The topological polar surface area (TPSA) is 69.8 Å². The third-order valence-electron chi connectivity index (χ3n) is 5.78. The van der Waals surface area contributed by atoms with Gasteiger partial charge in [0.15, 0.2) is 17.4 Å². The van der Waals surface area contributed by atoms with Crippen LogP contribution in [0.5, 0.6) is 0 Å². The number of hydrogen-bond donors (Lipinski definition) is 2. The van der Waals surface area contributed by atoms with Crippen molar-refractivity contribution in [2.24, 2.45) is 4.99 Å². The SMILES string of the molecule is CCNC(=NCc1nnc2ccccn12)NCC(C)(C)N1CCc2ccccc2C1.I. The number of nitrogens with one attached hydrogen (secondary N) is 2. The molecule has 166 valence electrons. The summed E-state index contributed by atoms with van der Waals surface area (Å²) in [5.41, 5.74) is 3.77. The van der Waals surface area contributed by atoms with Gasteiger partial charge in [0.25, 0.3) is 0 Å². The van der Waals surface area contributed by atoms with Crippen molar-refractivity contribution in [3.8, 4) is 0 Å². The van der Waals surface area contributed by atoms with Gasteiger partial charge in [-0.15, -0.1) is 34.2 Å². The number of rotatable bonds is 6. The molecule has 8 heteroatoms. The minimum absolute atomic E-state index is 0. The van der Waals surface area contributed by atoms with Gasteiger partial charge in [-0.3, -0.25) is 9.30 Å². The van der Waals surface area contributed by atoms with Crippen LogP contribution in [0.1, 0.15) is 37.7 Å². The molecule has 0 aliphatic carbocycles. The highest BCUT2D eigenvalue weighted by Gasteiger charge is 2.29. The number of fused-ring (bicyclic) bond motifs is 2. The molecular weight excluding hydrogens is 501 g/mol. The van der Waals surface area contributed by atoms with Crippen molar-refractivity contribution in [1.82, 2.24) is 30.1 Å². The van der Waals surface area contributed by atoms with Crippen LogP contribution in [0.25, 0.3) is 5.65 Å². The van der Waals surface area contributed by atoms with Crippen molar-refractivity contribution in [2.45, 2.75) is 45.8 Å². The molecule has 2 N–H and O–H groups in total. The lowest BCUT2D eigenvalue weighted by atomic mass is 9.94. The van der Waals surface area contributed by atoms with E-state index in [1.807, 2.05) is 28.8 Å². The Morgan fingerprint density at radius 2 is 1.84 bits per heavy atom. The molecule has 7 nitrogen and oxygen atoms in total. The Balaban J connectivity index is 0.00000272. The van der Waals surface area contributed by atoms with Crippen molar-refractivity contribution in [1.29, 1.82) is 0 Å². The molecule has 2 aromatic heterocycles. The fourth-order valence-electron chi connectivity index (χ4n) is 3.91. The first-order valence-electron chi connectivity index (χ1n) is 10.7. The molecule has 0 spiro atoms. The van der Waals surface area contributed by atoms with Gasteiger partial charge in [0.1, 0.15) is 6.54 Å². The van der Waals surface area contributed by atoms with Crippen LogP contribution in [-0.4, -0.2) is 50.6 Å². The molecule has 3 aromatic rings. The van der Waals surface area contributed by atoms with E-state index in [9.17, 15) is 0 Å². The molecule has 0 atom stereocenters. The number of nitrogens with zero attached hydrogens (tertiary/aromatic N) is 5. The van der Waals surface area contributed by atoms with Crippen LogP contribution in [0, 0.1) is 0 Å². The fourth-order valence-corrected chi connectivity index (χ4v) is 3.91. The number of hydrogen-bond acceptors (Lipinski definition) is 4. The van der Waals surface area contributed by atoms with Crippen molar-refractivity contribution in [2.75, 3.05) is 19.6 Å². The lowest BCUT2D eigenvalue weighted by Gasteiger charge is -2.42. The summed E-state index contributed by atoms with van der Waals surface area (Å²) < 4.78 is 1.97. The molecule has 1 aromatic carbocycles. The molecular formula is C23H32IN7. The van der Waals surface area contributed by atoms with Gasteiger partial charge in [0, 0.05) is 37.9 Å². The first-order chi connectivity index (χ1) is 14.6. The van der Waals surface area contributed by atoms with E-state index in [-0.39, 0.29) is 29.5 Å². The van der Waals surface area contributed by atoms with Gasteiger partial charge in [-0.1, -0.05) is 30.3 Å². The normalized spacial score (nSPS) is 14.7. The Hall–Kier alpha value is -2.20. The fraction of sp³-hybridized carbons (Fsp3) is 0.435. The third-order valence-corrected chi connectivity index (χ3v) is 5.78. The van der Waals surface area contributed by atoms with Gasteiger partial charge in [-0.05, 0) is 50.5 Å². The summed E-state index contributed by atoms with van der Waals surface area (Å²) in [7, 11) is 0. The van der Waals surface area contributed by atoms with E-state index in [0.717, 1.165) is 50.0 Å². The number of aromatic nitrogens is 3. The summed E-state index contributed by atoms with van der Waals surface area (Å²) in [6, 6.07) is 14.7. The average Bonchev–Trinajstić information content (AvgIpc) is 3.18. The maximum atomic E-state index is 4.74. The zero-order valence-corrected chi connectivity index (χ0v) is 20.8. The summed E-state index contributed by atoms with van der Waals surface area (Å²) in [5.74, 6) is 1.63. The lowest BCUT2D eigenvalue weighted by molar-refractivity contribution is 0.107. The molecule has 0 fully saturated rings. The van der Waals surface area contributed by atoms with E-state index in [4.69, 9.17) is 4.99 Å². The molecule has 0 unspecified atom stereocenters. The van der Waals surface area contributed by atoms with Gasteiger partial charge in [0.2, 0.25) is 0 Å². The van der Waals surface area contributed by atoms with Crippen LogP contribution in [0.2, 0.25) is 0 Å². The summed E-state index contributed by atoms with van der Waals surface area (Å²) in [6.45, 7) is 10.8. The molecule has 0 saturated carbocycles. The minimum Gasteiger partial charge on any atom is -0.357 e. The van der Waals surface area contributed by atoms with Gasteiger partial charge < -0.3 is 10.6 Å². The standard InChI is InChI=1S/C23H31N7.HI/c1-4-24-22(25-15-21-28-27-20-11-7-8-13-30(20)21)26-17-23(2,3)29-14-12-18-9-5-6-10-19(18)16-29;/h5-11,13H,4,12,14-17H2,1-3H3,(H2,24,25,26);1H. The molecule has 0 radical (unpaired) electrons. The van der Waals surface area contributed by atoms with Crippen molar-refractivity contribution >= 4 is 35.6 Å². The van der Waals surface area contributed by atoms with E-state index >= 15 is 0 Å². The highest BCUT2D eigenvalue weighted by Crippen LogP contribution is 2.24. The van der Waals surface area contributed by atoms with E-state index in [2.05, 4.69) is 70.8 Å². The van der Waals surface area contributed by atoms with Crippen LogP contribution in [0.15, 0.2) is 53.7 Å². The van der Waals surface area contributed by atoms with E-state index in [1.165, 1.54) is 11.1 Å². The van der Waals surface area contributed by atoms with Crippen LogP contribution in [0.3, 0.4) is 0 Å². The highest BCUT2D eigenvalue weighted by molar-refractivity contribution is 14.0. The zero-order chi connectivity index (χ0) is 21.0. The smallest absolute Gasteiger partial charge is 0.191 e. The second-order valence-corrected chi connectivity index (χ2v) is 8.35.